The number of hydrogen-bond donors (Lipinski definition) is 3. The van der Waals surface area contributed by atoms with Crippen LogP contribution in [-0.4, -0.2) is 23.7 Å². The van der Waals surface area contributed by atoms with E-state index in [-0.39, 0.29) is 46.7 Å². The quantitative estimate of drug-likeness (QED) is 0.376. The predicted octanol–water partition coefficient (Wildman–Crippen LogP) is 5.95. The van der Waals surface area contributed by atoms with Crippen LogP contribution in [0.5, 0.6) is 11.5 Å². The summed E-state index contributed by atoms with van der Waals surface area (Å²) < 4.78 is 52.1. The van der Waals surface area contributed by atoms with Crippen LogP contribution in [0.2, 0.25) is 0 Å². The van der Waals surface area contributed by atoms with E-state index in [2.05, 4.69) is 15.6 Å². The monoisotopic (exact) mass is 475 g/mol. The molecule has 0 unspecified atom stereocenters. The van der Waals surface area contributed by atoms with Gasteiger partial charge in [0.25, 0.3) is 12.0 Å². The lowest BCUT2D eigenvalue weighted by molar-refractivity contribution is 0.141. The van der Waals surface area contributed by atoms with Gasteiger partial charge in [0.1, 0.15) is 11.6 Å². The second-order valence-electron chi connectivity index (χ2n) is 7.51. The molecule has 1 heterocycles. The Morgan fingerprint density at radius 2 is 1.71 bits per heavy atom. The van der Waals surface area contributed by atoms with E-state index >= 15 is 0 Å². The summed E-state index contributed by atoms with van der Waals surface area (Å²) in [4.78, 5) is 26.6. The number of aromatic nitrogens is 1. The van der Waals surface area contributed by atoms with Gasteiger partial charge >= 0.3 is 6.03 Å². The first-order valence-corrected chi connectivity index (χ1v) is 10.5. The average Bonchev–Trinajstić information content (AvgIpc) is 2.76. The van der Waals surface area contributed by atoms with Crippen LogP contribution in [0.25, 0.3) is 11.1 Å². The molecule has 10 heteroatoms. The molecule has 0 aliphatic rings. The summed E-state index contributed by atoms with van der Waals surface area (Å²) in [5.74, 6) is -0.556. The highest BCUT2D eigenvalue weighted by Crippen LogP contribution is 2.32. The average molecular weight is 475 g/mol. The highest BCUT2D eigenvalue weighted by molar-refractivity contribution is 6.00. The summed E-state index contributed by atoms with van der Waals surface area (Å²) in [5, 5.41) is 4.90. The number of benzene rings is 2. The number of hydrogen-bond acceptors (Lipinski definition) is 4. The molecule has 0 fully saturated rings. The molecule has 180 valence electrons. The molecule has 2 amide bonds. The number of urea groups is 1. The number of ether oxygens (including phenoxy) is 2. The molecule has 7 nitrogen and oxygen atoms in total. The fourth-order valence-electron chi connectivity index (χ4n) is 3.16. The zero-order valence-electron chi connectivity index (χ0n) is 18.7. The number of aromatic amines is 1. The van der Waals surface area contributed by atoms with E-state index in [1.165, 1.54) is 36.5 Å². The third-order valence-corrected chi connectivity index (χ3v) is 4.57. The first-order chi connectivity index (χ1) is 16.2. The van der Waals surface area contributed by atoms with Crippen molar-refractivity contribution in [1.82, 2.24) is 4.98 Å². The van der Waals surface area contributed by atoms with E-state index in [0.717, 1.165) is 12.1 Å². The molecule has 0 aliphatic carbocycles. The number of pyridine rings is 1. The maximum Gasteiger partial charge on any atom is 0.323 e. The second-order valence-corrected chi connectivity index (χ2v) is 7.51. The van der Waals surface area contributed by atoms with Crippen LogP contribution in [0, 0.1) is 5.82 Å². The molecule has 0 aliphatic heterocycles. The summed E-state index contributed by atoms with van der Waals surface area (Å²) in [7, 11) is 0. The van der Waals surface area contributed by atoms with E-state index < -0.39 is 23.8 Å². The summed E-state index contributed by atoms with van der Waals surface area (Å²) in [5.41, 5.74) is 0.0546. The third kappa shape index (κ3) is 6.09. The van der Waals surface area contributed by atoms with Gasteiger partial charge in [0.2, 0.25) is 0 Å². The fourth-order valence-corrected chi connectivity index (χ4v) is 3.16. The molecule has 3 rings (SSSR count). The van der Waals surface area contributed by atoms with E-state index in [0.29, 0.717) is 5.56 Å². The van der Waals surface area contributed by atoms with Gasteiger partial charge in [0, 0.05) is 28.7 Å². The van der Waals surface area contributed by atoms with Crippen molar-refractivity contribution in [3.05, 3.63) is 70.4 Å². The number of H-pyrrole nitrogens is 1. The Morgan fingerprint density at radius 1 is 1.03 bits per heavy atom. The van der Waals surface area contributed by atoms with Crippen LogP contribution >= 0.6 is 0 Å². The van der Waals surface area contributed by atoms with Crippen molar-refractivity contribution < 1.29 is 27.4 Å². The lowest BCUT2D eigenvalue weighted by atomic mass is 10.1. The number of anilines is 2. The van der Waals surface area contributed by atoms with Crippen molar-refractivity contribution in [3.8, 4) is 22.6 Å². The summed E-state index contributed by atoms with van der Waals surface area (Å²) in [6, 6.07) is 8.59. The lowest BCUT2D eigenvalue weighted by Crippen LogP contribution is -2.19. The van der Waals surface area contributed by atoms with Crippen LogP contribution < -0.4 is 25.7 Å². The maximum atomic E-state index is 14.7. The van der Waals surface area contributed by atoms with Gasteiger partial charge in [-0.2, -0.15) is 0 Å². The number of alkyl halides is 2. The van der Waals surface area contributed by atoms with Crippen molar-refractivity contribution in [1.29, 1.82) is 0 Å². The van der Waals surface area contributed by atoms with Crippen LogP contribution in [0.1, 0.15) is 32.8 Å². The molecule has 0 radical (unpaired) electrons. The zero-order valence-corrected chi connectivity index (χ0v) is 18.7. The Bertz CT molecular complexity index is 1230. The number of halogens is 3. The summed E-state index contributed by atoms with van der Waals surface area (Å²) >= 11 is 0. The highest BCUT2D eigenvalue weighted by Gasteiger charge is 2.17. The summed E-state index contributed by atoms with van der Waals surface area (Å²) in [6.45, 7) is 5.43. The Balaban J connectivity index is 1.74. The van der Waals surface area contributed by atoms with E-state index in [9.17, 15) is 22.8 Å². The van der Waals surface area contributed by atoms with E-state index in [1.54, 1.807) is 20.8 Å². The van der Waals surface area contributed by atoms with Gasteiger partial charge in [0.15, 0.2) is 5.75 Å². The fraction of sp³-hybridized carbons (Fsp3) is 0.250. The largest absolute Gasteiger partial charge is 0.491 e. The molecular formula is C24H24F3N3O4. The second kappa shape index (κ2) is 10.8. The highest BCUT2D eigenvalue weighted by atomic mass is 19.3. The normalized spacial score (nSPS) is 10.9. The molecule has 34 heavy (non-hydrogen) atoms. The molecule has 0 saturated carbocycles. The Kier molecular flexibility index (Phi) is 7.83. The van der Waals surface area contributed by atoms with Gasteiger partial charge in [0.05, 0.1) is 18.3 Å². The maximum absolute atomic E-state index is 14.7. The predicted molar refractivity (Wildman–Crippen MR) is 123 cm³/mol. The number of nitrogens with one attached hydrogen (secondary N) is 3. The number of rotatable bonds is 8. The molecule has 3 N–H and O–H groups in total. The van der Waals surface area contributed by atoms with Crippen LogP contribution in [0.4, 0.5) is 29.3 Å². The first-order valence-electron chi connectivity index (χ1n) is 10.5. The van der Waals surface area contributed by atoms with E-state index in [4.69, 9.17) is 9.47 Å². The van der Waals surface area contributed by atoms with Crippen molar-refractivity contribution in [2.75, 3.05) is 17.2 Å². The molecule has 0 spiro atoms. The first kappa shape index (κ1) is 24.7. The Labute approximate surface area is 193 Å². The minimum absolute atomic E-state index is 0.0309. The third-order valence-electron chi connectivity index (χ3n) is 4.57. The SMILES string of the molecule is CCOc1cc(-c2ccc(NC(=O)Nc3ccc(OC(C)C)c(C(F)F)c3)cc2F)c[nH]c1=O. The summed E-state index contributed by atoms with van der Waals surface area (Å²) in [6.07, 6.45) is -1.73. The number of carbonyl (C=O) groups is 1. The van der Waals surface area contributed by atoms with Gasteiger partial charge in [-0.25, -0.2) is 18.0 Å². The molecule has 1 aromatic heterocycles. The van der Waals surface area contributed by atoms with Gasteiger partial charge in [-0.15, -0.1) is 0 Å². The standard InChI is InChI=1S/C24H24F3N3O4/c1-4-33-21-9-14(12-28-23(21)31)17-7-5-16(11-19(17)25)30-24(32)29-15-6-8-20(34-13(2)3)18(10-15)22(26)27/h5-13,22H,4H2,1-3H3,(H,28,31)(H2,29,30,32). The molecule has 2 aromatic carbocycles. The van der Waals surface area contributed by atoms with E-state index in [1.807, 2.05) is 0 Å². The van der Waals surface area contributed by atoms with Gasteiger partial charge in [-0.1, -0.05) is 0 Å². The number of amides is 2. The van der Waals surface area contributed by atoms with Crippen LogP contribution in [0.15, 0.2) is 53.5 Å². The molecule has 0 bridgehead atoms. The minimum atomic E-state index is -2.80. The van der Waals surface area contributed by atoms with Gasteiger partial charge < -0.3 is 25.1 Å². The van der Waals surface area contributed by atoms with Crippen LogP contribution in [-0.2, 0) is 0 Å². The molecule has 0 atom stereocenters. The molecular weight excluding hydrogens is 451 g/mol. The smallest absolute Gasteiger partial charge is 0.323 e. The molecule has 0 saturated heterocycles. The zero-order chi connectivity index (χ0) is 24.8. The minimum Gasteiger partial charge on any atom is -0.491 e. The van der Waals surface area contributed by atoms with Gasteiger partial charge in [-0.3, -0.25) is 4.79 Å². The molecule has 3 aromatic rings. The van der Waals surface area contributed by atoms with Gasteiger partial charge in [-0.05, 0) is 63.2 Å². The Hall–Kier alpha value is -3.95. The Morgan fingerprint density at radius 3 is 2.32 bits per heavy atom. The topological polar surface area (TPSA) is 92.4 Å². The number of carbonyl (C=O) groups excluding carboxylic acids is 1. The van der Waals surface area contributed by atoms with Crippen molar-refractivity contribution in [2.45, 2.75) is 33.3 Å². The lowest BCUT2D eigenvalue weighted by Gasteiger charge is -2.16. The van der Waals surface area contributed by atoms with Crippen molar-refractivity contribution in [2.24, 2.45) is 0 Å². The van der Waals surface area contributed by atoms with Crippen molar-refractivity contribution in [3.63, 3.8) is 0 Å². The van der Waals surface area contributed by atoms with Crippen molar-refractivity contribution >= 4 is 17.4 Å². The van der Waals surface area contributed by atoms with Crippen LogP contribution in [0.3, 0.4) is 0 Å².